The van der Waals surface area contributed by atoms with E-state index in [1.807, 2.05) is 6.92 Å². The maximum Gasteiger partial charge on any atom is 0.337 e. The molecule has 0 radical (unpaired) electrons. The minimum Gasteiger partial charge on any atom is -0.503 e. The molecule has 2 aliphatic carbocycles. The Morgan fingerprint density at radius 2 is 1.91 bits per heavy atom. The lowest BCUT2D eigenvalue weighted by atomic mass is 9.68. The van der Waals surface area contributed by atoms with Crippen molar-refractivity contribution in [2.45, 2.75) is 71.3 Å². The van der Waals surface area contributed by atoms with E-state index < -0.39 is 5.92 Å². The number of methoxy groups -OCH3 is 1. The van der Waals surface area contributed by atoms with Crippen molar-refractivity contribution >= 4 is 27.7 Å². The van der Waals surface area contributed by atoms with Crippen LogP contribution in [0.15, 0.2) is 39.1 Å². The molecule has 4 rings (SSSR count). The molecule has 0 spiro atoms. The summed E-state index contributed by atoms with van der Waals surface area (Å²) >= 11 is 3.39. The summed E-state index contributed by atoms with van der Waals surface area (Å²) in [7, 11) is 1.48. The maximum atomic E-state index is 13.4. The molecule has 3 aliphatic rings. The Balaban J connectivity index is 1.85. The van der Waals surface area contributed by atoms with E-state index in [1.54, 1.807) is 12.1 Å². The predicted molar refractivity (Wildman–Crippen MR) is 124 cm³/mol. The molecule has 1 unspecified atom stereocenters. The van der Waals surface area contributed by atoms with Gasteiger partial charge in [0.2, 0.25) is 0 Å². The molecule has 1 aliphatic heterocycles. The summed E-state index contributed by atoms with van der Waals surface area (Å²) in [6.07, 6.45) is 4.89. The highest BCUT2D eigenvalue weighted by Gasteiger charge is 2.44. The number of nitrogens with one attached hydrogen (secondary N) is 1. The lowest BCUT2D eigenvalue weighted by Gasteiger charge is -2.39. The Morgan fingerprint density at radius 1 is 1.22 bits per heavy atom. The van der Waals surface area contributed by atoms with E-state index in [0.29, 0.717) is 39.7 Å². The second kappa shape index (κ2) is 8.58. The van der Waals surface area contributed by atoms with Gasteiger partial charge in [0.05, 0.1) is 17.2 Å². The van der Waals surface area contributed by atoms with Crippen molar-refractivity contribution in [2.24, 2.45) is 5.41 Å². The van der Waals surface area contributed by atoms with E-state index in [9.17, 15) is 14.7 Å². The second-order valence-corrected chi connectivity index (χ2v) is 10.6. The topological polar surface area (TPSA) is 84.9 Å². The van der Waals surface area contributed by atoms with Gasteiger partial charge >= 0.3 is 5.97 Å². The van der Waals surface area contributed by atoms with Gasteiger partial charge in [0.25, 0.3) is 0 Å². The van der Waals surface area contributed by atoms with Gasteiger partial charge in [-0.1, -0.05) is 13.8 Å². The van der Waals surface area contributed by atoms with Crippen LogP contribution in [-0.4, -0.2) is 30.1 Å². The molecule has 1 saturated carbocycles. The number of halogens is 1. The molecule has 172 valence electrons. The molecule has 1 atom stereocenters. The fourth-order valence-corrected chi connectivity index (χ4v) is 5.64. The van der Waals surface area contributed by atoms with Crippen molar-refractivity contribution in [2.75, 3.05) is 7.11 Å². The minimum atomic E-state index is -0.588. The number of phenolic OH excluding ortho intramolecular Hbond substituents is 1. The molecule has 2 N–H and O–H groups in total. The molecule has 1 fully saturated rings. The van der Waals surface area contributed by atoms with Crippen LogP contribution in [-0.2, 0) is 14.3 Å². The molecular formula is C25H30BrNO5. The van der Waals surface area contributed by atoms with E-state index in [0.717, 1.165) is 31.4 Å². The van der Waals surface area contributed by atoms with Crippen molar-refractivity contribution < 1.29 is 24.2 Å². The van der Waals surface area contributed by atoms with Gasteiger partial charge in [0.15, 0.2) is 17.3 Å². The molecule has 1 heterocycles. The number of hydrogen-bond acceptors (Lipinski definition) is 6. The van der Waals surface area contributed by atoms with Crippen LogP contribution in [0.1, 0.15) is 70.8 Å². The minimum absolute atomic E-state index is 0.0220. The first kappa shape index (κ1) is 22.9. The SMILES string of the molecule is COc1cc(C2C(C(=O)OC3CCCC3)=C(C)NC3=C2C(=O)CC(C)(C)C3)cc(Br)c1O. The van der Waals surface area contributed by atoms with Crippen LogP contribution in [0.4, 0.5) is 0 Å². The number of hydrogen-bond donors (Lipinski definition) is 2. The Labute approximate surface area is 197 Å². The van der Waals surface area contributed by atoms with Gasteiger partial charge in [0, 0.05) is 29.3 Å². The number of Topliss-reactive ketones (excluding diaryl/α,β-unsaturated/α-hetero) is 1. The summed E-state index contributed by atoms with van der Waals surface area (Å²) in [4.78, 5) is 26.8. The smallest absolute Gasteiger partial charge is 0.337 e. The van der Waals surface area contributed by atoms with Gasteiger partial charge in [-0.3, -0.25) is 4.79 Å². The third kappa shape index (κ3) is 4.19. The summed E-state index contributed by atoms with van der Waals surface area (Å²) < 4.78 is 11.7. The monoisotopic (exact) mass is 503 g/mol. The molecule has 32 heavy (non-hydrogen) atoms. The summed E-state index contributed by atoms with van der Waals surface area (Å²) in [6.45, 7) is 6.02. The molecule has 0 aromatic heterocycles. The van der Waals surface area contributed by atoms with E-state index in [-0.39, 0.29) is 34.8 Å². The van der Waals surface area contributed by atoms with Crippen LogP contribution in [0, 0.1) is 5.41 Å². The number of esters is 1. The van der Waals surface area contributed by atoms with E-state index >= 15 is 0 Å². The van der Waals surface area contributed by atoms with Crippen LogP contribution in [0.2, 0.25) is 0 Å². The maximum absolute atomic E-state index is 13.4. The highest BCUT2D eigenvalue weighted by molar-refractivity contribution is 9.10. The van der Waals surface area contributed by atoms with Crippen molar-refractivity contribution in [3.8, 4) is 11.5 Å². The molecule has 1 aromatic rings. The lowest BCUT2D eigenvalue weighted by molar-refractivity contribution is -0.144. The fraction of sp³-hybridized carbons (Fsp3) is 0.520. The number of ether oxygens (including phenoxy) is 2. The molecule has 0 bridgehead atoms. The molecule has 0 amide bonds. The predicted octanol–water partition coefficient (Wildman–Crippen LogP) is 5.25. The average molecular weight is 504 g/mol. The fourth-order valence-electron chi connectivity index (χ4n) is 5.18. The Morgan fingerprint density at radius 3 is 2.56 bits per heavy atom. The Kier molecular flexibility index (Phi) is 6.14. The Hall–Kier alpha value is -2.28. The number of allylic oxidation sites excluding steroid dienone is 3. The Bertz CT molecular complexity index is 1030. The standard InChI is InChI=1S/C25H30BrNO5/c1-13-20(24(30)32-15-7-5-6-8-15)21(14-9-16(26)23(29)19(10-14)31-4)22-17(27-13)11-25(2,3)12-18(22)28/h9-10,15,21,27,29H,5-8,11-12H2,1-4H3. The second-order valence-electron chi connectivity index (χ2n) is 9.80. The van der Waals surface area contributed by atoms with Crippen LogP contribution in [0.5, 0.6) is 11.5 Å². The first-order valence-corrected chi connectivity index (χ1v) is 11.9. The first-order chi connectivity index (χ1) is 15.1. The number of benzene rings is 1. The molecule has 1 aromatic carbocycles. The summed E-state index contributed by atoms with van der Waals surface area (Å²) in [6, 6.07) is 3.45. The van der Waals surface area contributed by atoms with Gasteiger partial charge in [0.1, 0.15) is 6.10 Å². The molecule has 7 heteroatoms. The third-order valence-corrected chi connectivity index (χ3v) is 7.24. The van der Waals surface area contributed by atoms with Gasteiger partial charge in [-0.25, -0.2) is 4.79 Å². The van der Waals surface area contributed by atoms with Gasteiger partial charge in [-0.05, 0) is 78.1 Å². The zero-order valence-electron chi connectivity index (χ0n) is 19.0. The van der Waals surface area contributed by atoms with E-state index in [1.165, 1.54) is 7.11 Å². The first-order valence-electron chi connectivity index (χ1n) is 11.1. The number of rotatable bonds is 4. The zero-order valence-corrected chi connectivity index (χ0v) is 20.6. The third-order valence-electron chi connectivity index (χ3n) is 6.64. The van der Waals surface area contributed by atoms with Crippen molar-refractivity contribution in [3.63, 3.8) is 0 Å². The van der Waals surface area contributed by atoms with Gasteiger partial charge < -0.3 is 19.9 Å². The largest absolute Gasteiger partial charge is 0.503 e. The van der Waals surface area contributed by atoms with Crippen LogP contribution >= 0.6 is 15.9 Å². The number of carbonyl (C=O) groups excluding carboxylic acids is 2. The number of carbonyl (C=O) groups is 2. The van der Waals surface area contributed by atoms with E-state index in [2.05, 4.69) is 35.1 Å². The highest BCUT2D eigenvalue weighted by atomic mass is 79.9. The lowest BCUT2D eigenvalue weighted by Crippen LogP contribution is -2.39. The normalized spacial score (nSPS) is 23.2. The number of ketones is 1. The average Bonchev–Trinajstić information content (AvgIpc) is 3.20. The van der Waals surface area contributed by atoms with Crippen LogP contribution in [0.3, 0.4) is 0 Å². The van der Waals surface area contributed by atoms with Gasteiger partial charge in [-0.15, -0.1) is 0 Å². The van der Waals surface area contributed by atoms with Gasteiger partial charge in [-0.2, -0.15) is 0 Å². The quantitative estimate of drug-likeness (QED) is 0.545. The van der Waals surface area contributed by atoms with Crippen molar-refractivity contribution in [1.29, 1.82) is 0 Å². The molecule has 0 saturated heterocycles. The summed E-state index contributed by atoms with van der Waals surface area (Å²) in [5.74, 6) is -0.699. The highest BCUT2D eigenvalue weighted by Crippen LogP contribution is 2.49. The number of phenols is 1. The number of dihydropyridines is 1. The van der Waals surface area contributed by atoms with Crippen LogP contribution < -0.4 is 10.1 Å². The van der Waals surface area contributed by atoms with Crippen molar-refractivity contribution in [1.82, 2.24) is 5.32 Å². The van der Waals surface area contributed by atoms with Crippen LogP contribution in [0.25, 0.3) is 0 Å². The molecular weight excluding hydrogens is 474 g/mol. The number of aromatic hydroxyl groups is 1. The van der Waals surface area contributed by atoms with E-state index in [4.69, 9.17) is 9.47 Å². The molecule has 6 nitrogen and oxygen atoms in total. The summed E-state index contributed by atoms with van der Waals surface area (Å²) in [5, 5.41) is 13.7. The zero-order chi connectivity index (χ0) is 23.2. The summed E-state index contributed by atoms with van der Waals surface area (Å²) in [5.41, 5.74) is 3.14. The van der Waals surface area contributed by atoms with Crippen molar-refractivity contribution in [3.05, 3.63) is 44.7 Å².